The van der Waals surface area contributed by atoms with Crippen LogP contribution in [0.15, 0.2) is 0 Å². The van der Waals surface area contributed by atoms with Crippen molar-refractivity contribution in [2.45, 2.75) is 33.6 Å². The summed E-state index contributed by atoms with van der Waals surface area (Å²) in [6.07, 6.45) is 7.11. The molecule has 0 aromatic heterocycles. The van der Waals surface area contributed by atoms with E-state index in [1.807, 2.05) is 0 Å². The van der Waals surface area contributed by atoms with Gasteiger partial charge in [0.25, 0.3) is 0 Å². The molecular weight excluding hydrogens is 178 g/mol. The second-order valence-electron chi connectivity index (χ2n) is 3.02. The van der Waals surface area contributed by atoms with Crippen molar-refractivity contribution >= 4 is 17.2 Å². The Morgan fingerprint density at radius 1 is 1.38 bits per heavy atom. The molecule has 1 unspecified atom stereocenters. The number of thiocarbonyl (C=S) groups is 1. The summed E-state index contributed by atoms with van der Waals surface area (Å²) in [5.74, 6) is 3.08. The molecule has 1 nitrogen and oxygen atoms in total. The Labute approximate surface area is 87.5 Å². The first-order valence-electron chi connectivity index (χ1n) is 4.93. The highest BCUT2D eigenvalue weighted by Crippen LogP contribution is 2.13. The van der Waals surface area contributed by atoms with E-state index in [0.717, 1.165) is 30.9 Å². The molecule has 0 aromatic carbocycles. The quantitative estimate of drug-likeness (QED) is 0.492. The van der Waals surface area contributed by atoms with Gasteiger partial charge in [-0.1, -0.05) is 19.1 Å². The lowest BCUT2D eigenvalue weighted by Crippen LogP contribution is -2.34. The normalized spacial score (nSPS) is 11.8. The Bertz CT molecular complexity index is 189. The van der Waals surface area contributed by atoms with Crippen LogP contribution in [0.4, 0.5) is 0 Å². The summed E-state index contributed by atoms with van der Waals surface area (Å²) >= 11 is 5.39. The maximum atomic E-state index is 5.39. The highest BCUT2D eigenvalue weighted by molar-refractivity contribution is 7.80. The lowest BCUT2D eigenvalue weighted by molar-refractivity contribution is 0.439. The van der Waals surface area contributed by atoms with Crippen LogP contribution in [0.2, 0.25) is 0 Å². The Hall–Kier alpha value is -0.550. The second kappa shape index (κ2) is 6.91. The van der Waals surface area contributed by atoms with Gasteiger partial charge in [-0.3, -0.25) is 0 Å². The molecule has 0 N–H and O–H groups in total. The highest BCUT2D eigenvalue weighted by Gasteiger charge is 2.15. The minimum atomic E-state index is 0.389. The van der Waals surface area contributed by atoms with Crippen LogP contribution in [0.5, 0.6) is 0 Å². The molecule has 0 rings (SSSR count). The monoisotopic (exact) mass is 197 g/mol. The van der Waals surface area contributed by atoms with Gasteiger partial charge < -0.3 is 4.90 Å². The fourth-order valence-corrected chi connectivity index (χ4v) is 1.85. The molecule has 0 radical (unpaired) electrons. The van der Waals surface area contributed by atoms with Crippen LogP contribution in [0, 0.1) is 18.3 Å². The first kappa shape index (κ1) is 12.4. The van der Waals surface area contributed by atoms with Gasteiger partial charge >= 0.3 is 0 Å². The van der Waals surface area contributed by atoms with Crippen molar-refractivity contribution < 1.29 is 0 Å². The van der Waals surface area contributed by atoms with E-state index in [4.69, 9.17) is 18.6 Å². The maximum absolute atomic E-state index is 5.39. The molecule has 0 heterocycles. The van der Waals surface area contributed by atoms with Crippen LogP contribution < -0.4 is 0 Å². The molecule has 0 aromatic rings. The molecule has 0 spiro atoms. The van der Waals surface area contributed by atoms with Gasteiger partial charge in [0.2, 0.25) is 0 Å². The zero-order chi connectivity index (χ0) is 10.3. The summed E-state index contributed by atoms with van der Waals surface area (Å²) in [4.78, 5) is 3.24. The average molecular weight is 197 g/mol. The van der Waals surface area contributed by atoms with Crippen LogP contribution in [0.1, 0.15) is 33.6 Å². The third kappa shape index (κ3) is 3.78. The fraction of sp³-hybridized carbons (Fsp3) is 0.727. The van der Waals surface area contributed by atoms with Gasteiger partial charge in [0.05, 0.1) is 4.99 Å². The van der Waals surface area contributed by atoms with Gasteiger partial charge in [-0.25, -0.2) is 0 Å². The van der Waals surface area contributed by atoms with E-state index in [1.165, 1.54) is 0 Å². The summed E-state index contributed by atoms with van der Waals surface area (Å²) < 4.78 is 0. The van der Waals surface area contributed by atoms with Crippen LogP contribution in [0.3, 0.4) is 0 Å². The molecule has 2 heteroatoms. The Morgan fingerprint density at radius 3 is 2.23 bits per heavy atom. The standard InChI is InChI=1S/C11H19NS/c1-5-9-10(6-2)11(13)12(7-3)8-4/h1,10H,6-9H2,2-4H3. The largest absolute Gasteiger partial charge is 0.366 e. The SMILES string of the molecule is C#CCC(CC)C(=S)N(CC)CC. The third-order valence-electron chi connectivity index (χ3n) is 2.28. The molecule has 0 amide bonds. The first-order valence-corrected chi connectivity index (χ1v) is 5.34. The van der Waals surface area contributed by atoms with Gasteiger partial charge in [-0.2, -0.15) is 0 Å². The fourth-order valence-electron chi connectivity index (χ4n) is 1.34. The Kier molecular flexibility index (Phi) is 6.62. The summed E-state index contributed by atoms with van der Waals surface area (Å²) in [7, 11) is 0. The Morgan fingerprint density at radius 2 is 1.92 bits per heavy atom. The molecule has 0 saturated heterocycles. The van der Waals surface area contributed by atoms with Gasteiger partial charge in [0, 0.05) is 25.4 Å². The number of nitrogens with zero attached hydrogens (tertiary/aromatic N) is 1. The number of hydrogen-bond acceptors (Lipinski definition) is 1. The summed E-state index contributed by atoms with van der Waals surface area (Å²) in [6.45, 7) is 8.35. The van der Waals surface area contributed by atoms with E-state index in [2.05, 4.69) is 31.6 Å². The van der Waals surface area contributed by atoms with Crippen molar-refractivity contribution in [3.8, 4) is 12.3 Å². The van der Waals surface area contributed by atoms with Crippen molar-refractivity contribution in [2.24, 2.45) is 5.92 Å². The van der Waals surface area contributed by atoms with Gasteiger partial charge in [-0.15, -0.1) is 12.3 Å². The zero-order valence-electron chi connectivity index (χ0n) is 8.84. The third-order valence-corrected chi connectivity index (χ3v) is 2.87. The maximum Gasteiger partial charge on any atom is 0.0819 e. The minimum Gasteiger partial charge on any atom is -0.366 e. The van der Waals surface area contributed by atoms with Gasteiger partial charge in [-0.05, 0) is 20.3 Å². The predicted molar refractivity (Wildman–Crippen MR) is 62.8 cm³/mol. The lowest BCUT2D eigenvalue weighted by Gasteiger charge is -2.26. The molecular formula is C11H19NS. The molecule has 0 saturated carbocycles. The average Bonchev–Trinajstić information content (AvgIpc) is 2.15. The Balaban J connectivity index is 4.26. The minimum absolute atomic E-state index is 0.389. The molecule has 1 atom stereocenters. The lowest BCUT2D eigenvalue weighted by atomic mass is 10.0. The van der Waals surface area contributed by atoms with Crippen molar-refractivity contribution in [1.82, 2.24) is 4.90 Å². The van der Waals surface area contributed by atoms with E-state index in [1.54, 1.807) is 0 Å². The van der Waals surface area contributed by atoms with Gasteiger partial charge in [0.1, 0.15) is 0 Å². The van der Waals surface area contributed by atoms with Crippen molar-refractivity contribution in [1.29, 1.82) is 0 Å². The molecule has 0 aliphatic carbocycles. The highest BCUT2D eigenvalue weighted by atomic mass is 32.1. The van der Waals surface area contributed by atoms with Crippen molar-refractivity contribution in [3.63, 3.8) is 0 Å². The summed E-state index contributed by atoms with van der Waals surface area (Å²) in [6, 6.07) is 0. The van der Waals surface area contributed by atoms with E-state index in [0.29, 0.717) is 5.92 Å². The molecule has 74 valence electrons. The predicted octanol–water partition coefficient (Wildman–Crippen LogP) is 2.71. The van der Waals surface area contributed by atoms with Crippen molar-refractivity contribution in [3.05, 3.63) is 0 Å². The molecule has 13 heavy (non-hydrogen) atoms. The zero-order valence-corrected chi connectivity index (χ0v) is 9.66. The number of terminal acetylenes is 1. The van der Waals surface area contributed by atoms with Crippen LogP contribution in [0.25, 0.3) is 0 Å². The number of hydrogen-bond donors (Lipinski definition) is 0. The van der Waals surface area contributed by atoms with E-state index in [9.17, 15) is 0 Å². The summed E-state index contributed by atoms with van der Waals surface area (Å²) in [5, 5.41) is 0. The van der Waals surface area contributed by atoms with Crippen LogP contribution >= 0.6 is 12.2 Å². The smallest absolute Gasteiger partial charge is 0.0819 e. The van der Waals surface area contributed by atoms with Crippen LogP contribution in [-0.4, -0.2) is 23.0 Å². The number of rotatable bonds is 5. The van der Waals surface area contributed by atoms with E-state index >= 15 is 0 Å². The van der Waals surface area contributed by atoms with E-state index < -0.39 is 0 Å². The molecule has 0 aliphatic heterocycles. The topological polar surface area (TPSA) is 3.24 Å². The first-order chi connectivity index (χ1) is 6.21. The van der Waals surface area contributed by atoms with E-state index in [-0.39, 0.29) is 0 Å². The summed E-state index contributed by atoms with van der Waals surface area (Å²) in [5.41, 5.74) is 0. The molecule has 0 aliphatic rings. The van der Waals surface area contributed by atoms with Crippen molar-refractivity contribution in [2.75, 3.05) is 13.1 Å². The molecule has 0 fully saturated rings. The molecule has 0 bridgehead atoms. The second-order valence-corrected chi connectivity index (χ2v) is 3.44. The van der Waals surface area contributed by atoms with Crippen LogP contribution in [-0.2, 0) is 0 Å². The van der Waals surface area contributed by atoms with Gasteiger partial charge in [0.15, 0.2) is 0 Å².